The van der Waals surface area contributed by atoms with E-state index in [1.54, 1.807) is 0 Å². The predicted molar refractivity (Wildman–Crippen MR) is 115 cm³/mol. The van der Waals surface area contributed by atoms with Gasteiger partial charge in [-0.1, -0.05) is 30.3 Å². The smallest absolute Gasteiger partial charge is 0.273 e. The van der Waals surface area contributed by atoms with Gasteiger partial charge in [-0.2, -0.15) is 0 Å². The highest BCUT2D eigenvalue weighted by Gasteiger charge is 2.25. The van der Waals surface area contributed by atoms with Gasteiger partial charge in [0.2, 0.25) is 5.91 Å². The second-order valence-corrected chi connectivity index (χ2v) is 7.79. The molecule has 0 radical (unpaired) electrons. The number of nitrogens with one attached hydrogen (secondary N) is 2. The molecule has 2 amide bonds. The minimum atomic E-state index is -0.232. The zero-order chi connectivity index (χ0) is 19.7. The molecule has 144 valence electrons. The summed E-state index contributed by atoms with van der Waals surface area (Å²) >= 11 is 3.53. The molecule has 0 saturated carbocycles. The summed E-state index contributed by atoms with van der Waals surface area (Å²) in [6.45, 7) is 1.47. The van der Waals surface area contributed by atoms with Gasteiger partial charge < -0.3 is 20.9 Å². The average Bonchev–Trinajstić information content (AvgIpc) is 3.05. The molecule has 2 aromatic carbocycles. The summed E-state index contributed by atoms with van der Waals surface area (Å²) in [6, 6.07) is 15.5. The van der Waals surface area contributed by atoms with Gasteiger partial charge >= 0.3 is 0 Å². The van der Waals surface area contributed by atoms with E-state index in [1.165, 1.54) is 0 Å². The van der Waals surface area contributed by atoms with Crippen LogP contribution in [-0.4, -0.2) is 29.9 Å². The number of anilines is 2. The molecule has 7 heteroatoms. The number of aromatic nitrogens is 1. The van der Waals surface area contributed by atoms with E-state index in [0.29, 0.717) is 5.69 Å². The molecule has 3 aromatic rings. The predicted octanol–water partition coefficient (Wildman–Crippen LogP) is 3.88. The molecule has 2 heterocycles. The van der Waals surface area contributed by atoms with Crippen LogP contribution >= 0.6 is 15.9 Å². The maximum atomic E-state index is 12.9. The van der Waals surface area contributed by atoms with Crippen LogP contribution in [0.5, 0.6) is 0 Å². The number of aromatic amines is 1. The van der Waals surface area contributed by atoms with E-state index in [1.807, 2.05) is 48.5 Å². The maximum absolute atomic E-state index is 12.9. The molecule has 1 fully saturated rings. The Hall–Kier alpha value is -2.80. The minimum Gasteiger partial charge on any atom is -0.370 e. The summed E-state index contributed by atoms with van der Waals surface area (Å²) in [5, 5.41) is 3.99. The first-order chi connectivity index (χ1) is 13.5. The van der Waals surface area contributed by atoms with Gasteiger partial charge in [-0.3, -0.25) is 9.59 Å². The number of halogens is 1. The molecule has 0 spiro atoms. The molecular formula is C21H21BrN4O2. The molecule has 1 aromatic heterocycles. The number of fused-ring (bicyclic) bond motifs is 1. The lowest BCUT2D eigenvalue weighted by Crippen LogP contribution is -2.38. The van der Waals surface area contributed by atoms with E-state index in [2.05, 4.69) is 31.1 Å². The Morgan fingerprint density at radius 1 is 1.07 bits per heavy atom. The van der Waals surface area contributed by atoms with Gasteiger partial charge in [-0.05, 0) is 47.0 Å². The first-order valence-corrected chi connectivity index (χ1v) is 10.0. The summed E-state index contributed by atoms with van der Waals surface area (Å²) in [7, 11) is 0. The van der Waals surface area contributed by atoms with Gasteiger partial charge in [0.25, 0.3) is 5.91 Å². The number of rotatable bonds is 4. The van der Waals surface area contributed by atoms with Crippen molar-refractivity contribution >= 4 is 50.0 Å². The Balaban J connectivity index is 1.56. The van der Waals surface area contributed by atoms with Crippen LogP contribution in [0.1, 0.15) is 23.3 Å². The molecule has 0 atom stereocenters. The molecule has 0 unspecified atom stereocenters. The Bertz CT molecular complexity index is 1040. The van der Waals surface area contributed by atoms with E-state index in [4.69, 9.17) is 5.73 Å². The molecule has 0 bridgehead atoms. The van der Waals surface area contributed by atoms with Crippen LogP contribution in [-0.2, 0) is 4.79 Å². The van der Waals surface area contributed by atoms with Crippen molar-refractivity contribution in [1.29, 1.82) is 0 Å². The molecule has 1 aliphatic heterocycles. The zero-order valence-corrected chi connectivity index (χ0v) is 16.8. The van der Waals surface area contributed by atoms with Crippen molar-refractivity contribution < 1.29 is 9.59 Å². The monoisotopic (exact) mass is 440 g/mol. The largest absolute Gasteiger partial charge is 0.370 e. The van der Waals surface area contributed by atoms with Gasteiger partial charge in [0.05, 0.1) is 15.8 Å². The van der Waals surface area contributed by atoms with Crippen LogP contribution in [0.25, 0.3) is 10.9 Å². The lowest BCUT2D eigenvalue weighted by molar-refractivity contribution is -0.122. The number of hydrogen-bond donors (Lipinski definition) is 3. The fourth-order valence-electron chi connectivity index (χ4n) is 3.71. The van der Waals surface area contributed by atoms with E-state index in [0.717, 1.165) is 52.7 Å². The fraction of sp³-hybridized carbons (Fsp3) is 0.238. The first kappa shape index (κ1) is 18.6. The van der Waals surface area contributed by atoms with Crippen molar-refractivity contribution in [3.05, 3.63) is 58.7 Å². The summed E-state index contributed by atoms with van der Waals surface area (Å²) in [5.74, 6) is -0.507. The number of carbonyl (C=O) groups is 2. The summed E-state index contributed by atoms with van der Waals surface area (Å²) in [4.78, 5) is 29.7. The number of nitrogens with zero attached hydrogens (tertiary/aromatic N) is 1. The van der Waals surface area contributed by atoms with Gasteiger partial charge in [-0.15, -0.1) is 0 Å². The van der Waals surface area contributed by atoms with Crippen molar-refractivity contribution in [2.75, 3.05) is 23.3 Å². The van der Waals surface area contributed by atoms with Crippen LogP contribution in [0, 0.1) is 5.92 Å². The van der Waals surface area contributed by atoms with Crippen molar-refractivity contribution in [2.45, 2.75) is 12.8 Å². The van der Waals surface area contributed by atoms with Crippen molar-refractivity contribution in [3.63, 3.8) is 0 Å². The Morgan fingerprint density at radius 3 is 2.46 bits per heavy atom. The molecular weight excluding hydrogens is 420 g/mol. The van der Waals surface area contributed by atoms with E-state index < -0.39 is 0 Å². The van der Waals surface area contributed by atoms with E-state index >= 15 is 0 Å². The van der Waals surface area contributed by atoms with Gasteiger partial charge in [-0.25, -0.2) is 0 Å². The van der Waals surface area contributed by atoms with Gasteiger partial charge in [0.1, 0.15) is 5.69 Å². The lowest BCUT2D eigenvalue weighted by Gasteiger charge is -2.33. The van der Waals surface area contributed by atoms with Crippen LogP contribution in [0.2, 0.25) is 0 Å². The standard InChI is InChI=1S/C21H21BrN4O2/c22-18-14-5-1-2-6-15(14)24-19(18)21(28)25-16-7-3-4-8-17(16)26-11-9-13(10-12-26)20(23)27/h1-8,13,24H,9-12H2,(H2,23,27)(H,25,28). The number of carbonyl (C=O) groups excluding carboxylic acids is 2. The maximum Gasteiger partial charge on any atom is 0.273 e. The van der Waals surface area contributed by atoms with Crippen molar-refractivity contribution in [3.8, 4) is 0 Å². The summed E-state index contributed by atoms with van der Waals surface area (Å²) in [6.07, 6.45) is 1.45. The van der Waals surface area contributed by atoms with Gasteiger partial charge in [0.15, 0.2) is 0 Å². The normalized spacial score (nSPS) is 15.0. The Morgan fingerprint density at radius 2 is 1.75 bits per heavy atom. The zero-order valence-electron chi connectivity index (χ0n) is 15.2. The lowest BCUT2D eigenvalue weighted by atomic mass is 9.96. The molecule has 1 saturated heterocycles. The number of piperidine rings is 1. The minimum absolute atomic E-state index is 0.0692. The second kappa shape index (κ2) is 7.67. The Labute approximate surface area is 171 Å². The van der Waals surface area contributed by atoms with Crippen molar-refractivity contribution in [1.82, 2.24) is 4.98 Å². The van der Waals surface area contributed by atoms with Crippen molar-refractivity contribution in [2.24, 2.45) is 11.7 Å². The van der Waals surface area contributed by atoms with Crippen LogP contribution < -0.4 is 16.0 Å². The topological polar surface area (TPSA) is 91.2 Å². The third kappa shape index (κ3) is 3.49. The highest BCUT2D eigenvalue weighted by Crippen LogP contribution is 2.32. The average molecular weight is 441 g/mol. The number of para-hydroxylation sites is 3. The highest BCUT2D eigenvalue weighted by atomic mass is 79.9. The van der Waals surface area contributed by atoms with Gasteiger partial charge in [0, 0.05) is 29.9 Å². The summed E-state index contributed by atoms with van der Waals surface area (Å²) in [5.41, 5.74) is 8.52. The van der Waals surface area contributed by atoms with E-state index in [9.17, 15) is 9.59 Å². The second-order valence-electron chi connectivity index (χ2n) is 6.99. The number of benzene rings is 2. The summed E-state index contributed by atoms with van der Waals surface area (Å²) < 4.78 is 0.750. The molecule has 6 nitrogen and oxygen atoms in total. The third-order valence-electron chi connectivity index (χ3n) is 5.26. The van der Waals surface area contributed by atoms with Crippen LogP contribution in [0.3, 0.4) is 0 Å². The number of amides is 2. The fourth-order valence-corrected chi connectivity index (χ4v) is 4.33. The Kier molecular flexibility index (Phi) is 5.09. The highest BCUT2D eigenvalue weighted by molar-refractivity contribution is 9.10. The number of hydrogen-bond acceptors (Lipinski definition) is 3. The number of nitrogens with two attached hydrogens (primary N) is 1. The first-order valence-electron chi connectivity index (χ1n) is 9.25. The number of H-pyrrole nitrogens is 1. The van der Waals surface area contributed by atoms with Crippen LogP contribution in [0.4, 0.5) is 11.4 Å². The SMILES string of the molecule is NC(=O)C1CCN(c2ccccc2NC(=O)c2[nH]c3ccccc3c2Br)CC1. The quantitative estimate of drug-likeness (QED) is 0.574. The third-order valence-corrected chi connectivity index (χ3v) is 6.08. The molecule has 1 aliphatic rings. The molecule has 0 aliphatic carbocycles. The molecule has 28 heavy (non-hydrogen) atoms. The van der Waals surface area contributed by atoms with E-state index in [-0.39, 0.29) is 17.7 Å². The molecule has 4 N–H and O–H groups in total. The number of primary amides is 1. The molecule has 4 rings (SSSR count). The van der Waals surface area contributed by atoms with Crippen LogP contribution in [0.15, 0.2) is 53.0 Å².